The van der Waals surface area contributed by atoms with Crippen molar-refractivity contribution in [3.05, 3.63) is 39.4 Å². The van der Waals surface area contributed by atoms with E-state index in [0.29, 0.717) is 18.4 Å². The summed E-state index contributed by atoms with van der Waals surface area (Å²) in [6.07, 6.45) is 7.99. The van der Waals surface area contributed by atoms with Gasteiger partial charge in [-0.1, -0.05) is 11.6 Å². The Bertz CT molecular complexity index is 848. The van der Waals surface area contributed by atoms with Gasteiger partial charge in [0.1, 0.15) is 0 Å². The van der Waals surface area contributed by atoms with Crippen LogP contribution in [0.25, 0.3) is 0 Å². The van der Waals surface area contributed by atoms with Crippen LogP contribution in [0.15, 0.2) is 15.4 Å². The third-order valence-electron chi connectivity index (χ3n) is 6.04. The Morgan fingerprint density at radius 1 is 1.15 bits per heavy atom. The van der Waals surface area contributed by atoms with Crippen LogP contribution in [0.4, 0.5) is 0 Å². The van der Waals surface area contributed by atoms with Gasteiger partial charge in [0.25, 0.3) is 5.56 Å². The number of hydrogen-bond acceptors (Lipinski definition) is 6. The average molecular weight is 355 g/mol. The molecule has 2 fully saturated rings. The molecular formula is C19H25N5O2. The molecule has 138 valence electrons. The minimum atomic E-state index is 0.0485. The Kier molecular flexibility index (Phi) is 4.11. The molecule has 1 aliphatic heterocycles. The molecule has 0 spiro atoms. The number of aromatic nitrogens is 4. The maximum Gasteiger partial charge on any atom is 0.267 e. The molecule has 3 aliphatic rings. The van der Waals surface area contributed by atoms with E-state index >= 15 is 0 Å². The third-order valence-corrected chi connectivity index (χ3v) is 6.04. The highest BCUT2D eigenvalue weighted by Gasteiger charge is 2.30. The van der Waals surface area contributed by atoms with Crippen molar-refractivity contribution in [2.24, 2.45) is 5.92 Å². The van der Waals surface area contributed by atoms with Gasteiger partial charge in [0, 0.05) is 31.0 Å². The minimum Gasteiger partial charge on any atom is -0.339 e. The van der Waals surface area contributed by atoms with Crippen molar-refractivity contribution >= 4 is 0 Å². The lowest BCUT2D eigenvalue weighted by Gasteiger charge is -2.38. The van der Waals surface area contributed by atoms with Crippen LogP contribution in [-0.4, -0.2) is 37.9 Å². The molecule has 2 aromatic heterocycles. The van der Waals surface area contributed by atoms with E-state index in [4.69, 9.17) is 4.52 Å². The summed E-state index contributed by atoms with van der Waals surface area (Å²) in [4.78, 5) is 19.1. The molecule has 0 N–H and O–H groups in total. The molecule has 0 amide bonds. The number of hydrogen-bond donors (Lipinski definition) is 0. The van der Waals surface area contributed by atoms with E-state index in [9.17, 15) is 4.79 Å². The average Bonchev–Trinajstić information content (AvgIpc) is 2.99. The summed E-state index contributed by atoms with van der Waals surface area (Å²) in [7, 11) is 0. The molecule has 7 heteroatoms. The third kappa shape index (κ3) is 3.09. The molecule has 7 nitrogen and oxygen atoms in total. The summed E-state index contributed by atoms with van der Waals surface area (Å²) in [5.74, 6) is 2.56. The molecule has 3 heterocycles. The second-order valence-electron chi connectivity index (χ2n) is 8.08. The Hall–Kier alpha value is -2.02. The van der Waals surface area contributed by atoms with Gasteiger partial charge in [-0.2, -0.15) is 10.1 Å². The van der Waals surface area contributed by atoms with E-state index in [1.54, 1.807) is 10.7 Å². The molecule has 2 aromatic rings. The van der Waals surface area contributed by atoms with Crippen LogP contribution < -0.4 is 5.56 Å². The highest BCUT2D eigenvalue weighted by atomic mass is 16.5. The van der Waals surface area contributed by atoms with E-state index < -0.39 is 0 Å². The Morgan fingerprint density at radius 2 is 2.00 bits per heavy atom. The number of fused-ring (bicyclic) bond motifs is 1. The van der Waals surface area contributed by atoms with Crippen LogP contribution in [0, 0.1) is 5.92 Å². The molecule has 26 heavy (non-hydrogen) atoms. The summed E-state index contributed by atoms with van der Waals surface area (Å²) in [6, 6.07) is 1.80. The van der Waals surface area contributed by atoms with Crippen LogP contribution >= 0.6 is 0 Å². The summed E-state index contributed by atoms with van der Waals surface area (Å²) in [6.45, 7) is 3.36. The first-order chi connectivity index (χ1) is 12.7. The fourth-order valence-corrected chi connectivity index (χ4v) is 4.25. The largest absolute Gasteiger partial charge is 0.339 e. The van der Waals surface area contributed by atoms with Gasteiger partial charge in [0.05, 0.1) is 18.8 Å². The molecule has 0 unspecified atom stereocenters. The van der Waals surface area contributed by atoms with Crippen molar-refractivity contribution in [3.63, 3.8) is 0 Å². The lowest BCUT2D eigenvalue weighted by molar-refractivity contribution is 0.0730. The van der Waals surface area contributed by atoms with Crippen LogP contribution in [0.5, 0.6) is 0 Å². The van der Waals surface area contributed by atoms with Gasteiger partial charge < -0.3 is 4.52 Å². The van der Waals surface area contributed by atoms with Crippen molar-refractivity contribution in [3.8, 4) is 0 Å². The molecule has 0 radical (unpaired) electrons. The topological polar surface area (TPSA) is 77.0 Å². The van der Waals surface area contributed by atoms with Crippen molar-refractivity contribution in [1.29, 1.82) is 0 Å². The summed E-state index contributed by atoms with van der Waals surface area (Å²) >= 11 is 0. The molecule has 1 saturated carbocycles. The Labute approximate surface area is 152 Å². The molecule has 0 atom stereocenters. The first kappa shape index (κ1) is 16.2. The summed E-state index contributed by atoms with van der Waals surface area (Å²) in [5, 5.41) is 8.75. The first-order valence-corrected chi connectivity index (χ1v) is 9.89. The fraction of sp³-hybridized carbons (Fsp3) is 0.684. The SMILES string of the molecule is O=c1cc2c(nn1CC1CN(Cc3noc(C4CCC4)n3)C1)CCCC2. The molecule has 1 saturated heterocycles. The monoisotopic (exact) mass is 355 g/mol. The predicted molar refractivity (Wildman–Crippen MR) is 94.8 cm³/mol. The van der Waals surface area contributed by atoms with Crippen molar-refractivity contribution in [2.45, 2.75) is 64.0 Å². The van der Waals surface area contributed by atoms with E-state index in [2.05, 4.69) is 20.1 Å². The van der Waals surface area contributed by atoms with Crippen LogP contribution in [0.3, 0.4) is 0 Å². The second-order valence-corrected chi connectivity index (χ2v) is 8.08. The number of rotatable bonds is 5. The number of aryl methyl sites for hydroxylation is 2. The van der Waals surface area contributed by atoms with E-state index in [-0.39, 0.29) is 5.56 Å². The first-order valence-electron chi connectivity index (χ1n) is 9.89. The number of likely N-dealkylation sites (tertiary alicyclic amines) is 1. The van der Waals surface area contributed by atoms with Crippen LogP contribution in [0.1, 0.15) is 61.0 Å². The van der Waals surface area contributed by atoms with Crippen LogP contribution in [0.2, 0.25) is 0 Å². The van der Waals surface area contributed by atoms with Gasteiger partial charge in [-0.3, -0.25) is 9.69 Å². The zero-order valence-electron chi connectivity index (χ0n) is 15.1. The molecule has 0 bridgehead atoms. The van der Waals surface area contributed by atoms with Gasteiger partial charge >= 0.3 is 0 Å². The second kappa shape index (κ2) is 6.61. The maximum atomic E-state index is 12.3. The summed E-state index contributed by atoms with van der Waals surface area (Å²) < 4.78 is 7.06. The minimum absolute atomic E-state index is 0.0485. The number of nitrogens with zero attached hydrogens (tertiary/aromatic N) is 5. The van der Waals surface area contributed by atoms with E-state index in [0.717, 1.165) is 55.4 Å². The van der Waals surface area contributed by atoms with Crippen LogP contribution in [-0.2, 0) is 25.9 Å². The maximum absolute atomic E-state index is 12.3. The Balaban J connectivity index is 1.16. The van der Waals surface area contributed by atoms with E-state index in [1.165, 1.54) is 32.1 Å². The van der Waals surface area contributed by atoms with Crippen molar-refractivity contribution in [1.82, 2.24) is 24.8 Å². The zero-order chi connectivity index (χ0) is 17.5. The van der Waals surface area contributed by atoms with Gasteiger partial charge in [0.15, 0.2) is 5.82 Å². The highest BCUT2D eigenvalue weighted by molar-refractivity contribution is 5.20. The fourth-order valence-electron chi connectivity index (χ4n) is 4.25. The normalized spacial score (nSPS) is 21.2. The smallest absolute Gasteiger partial charge is 0.267 e. The molecule has 5 rings (SSSR count). The predicted octanol–water partition coefficient (Wildman–Crippen LogP) is 1.90. The van der Waals surface area contributed by atoms with E-state index in [1.807, 2.05) is 0 Å². The van der Waals surface area contributed by atoms with Crippen molar-refractivity contribution < 1.29 is 4.52 Å². The zero-order valence-corrected chi connectivity index (χ0v) is 15.1. The standard InChI is InChI=1S/C19H25N5O2/c25-18-8-15-4-1-2-7-16(15)21-24(18)11-13-9-23(10-13)12-17-20-19(26-22-17)14-5-3-6-14/h8,13-14H,1-7,9-12H2. The van der Waals surface area contributed by atoms with Gasteiger partial charge in [-0.05, 0) is 44.1 Å². The lowest BCUT2D eigenvalue weighted by atomic mass is 9.85. The summed E-state index contributed by atoms with van der Waals surface area (Å²) in [5.41, 5.74) is 2.34. The highest BCUT2D eigenvalue weighted by Crippen LogP contribution is 2.35. The lowest BCUT2D eigenvalue weighted by Crippen LogP contribution is -2.49. The molecule has 2 aliphatic carbocycles. The molecule has 0 aromatic carbocycles. The van der Waals surface area contributed by atoms with Gasteiger partial charge in [0.2, 0.25) is 5.89 Å². The quantitative estimate of drug-likeness (QED) is 0.815. The van der Waals surface area contributed by atoms with Gasteiger partial charge in [-0.25, -0.2) is 4.68 Å². The Morgan fingerprint density at radius 3 is 2.81 bits per heavy atom. The molecular weight excluding hydrogens is 330 g/mol. The van der Waals surface area contributed by atoms with Crippen molar-refractivity contribution in [2.75, 3.05) is 13.1 Å². The van der Waals surface area contributed by atoms with Gasteiger partial charge in [-0.15, -0.1) is 0 Å².